The monoisotopic (exact) mass is 556 g/mol. The van der Waals surface area contributed by atoms with E-state index in [1.165, 1.54) is 6.07 Å². The van der Waals surface area contributed by atoms with Gasteiger partial charge in [0.25, 0.3) is 5.91 Å². The van der Waals surface area contributed by atoms with E-state index in [0.717, 1.165) is 0 Å². The van der Waals surface area contributed by atoms with Crippen LogP contribution < -0.4 is 20.7 Å². The fraction of sp³-hybridized carbons (Fsp3) is 0.480. The molecule has 0 saturated carbocycles. The lowest BCUT2D eigenvalue weighted by Gasteiger charge is -2.25. The van der Waals surface area contributed by atoms with Crippen molar-refractivity contribution in [2.45, 2.75) is 52.1 Å². The van der Waals surface area contributed by atoms with E-state index in [0.29, 0.717) is 18.7 Å². The average molecular weight is 557 g/mol. The zero-order chi connectivity index (χ0) is 28.9. The van der Waals surface area contributed by atoms with Crippen LogP contribution in [0.2, 0.25) is 0 Å². The smallest absolute Gasteiger partial charge is 0.274 e. The first kappa shape index (κ1) is 29.6. The number of nitrogens with one attached hydrogen (secondary N) is 3. The van der Waals surface area contributed by atoms with Crippen LogP contribution in [0.4, 0.5) is 17.6 Å². The maximum atomic E-state index is 14.0. The van der Waals surface area contributed by atoms with E-state index in [-0.39, 0.29) is 36.4 Å². The highest BCUT2D eigenvalue weighted by Crippen LogP contribution is 2.27. The van der Waals surface area contributed by atoms with Crippen LogP contribution in [0.15, 0.2) is 16.7 Å². The van der Waals surface area contributed by atoms with E-state index in [1.54, 1.807) is 20.8 Å². The number of carbonyl (C=O) groups excluding carboxylic acids is 4. The second-order valence-corrected chi connectivity index (χ2v) is 9.60. The highest BCUT2D eigenvalue weighted by molar-refractivity contribution is 5.97. The maximum absolute atomic E-state index is 14.0. The van der Waals surface area contributed by atoms with Crippen LogP contribution in [0.1, 0.15) is 49.4 Å². The molecule has 3 N–H and O–H groups in total. The number of hydrogen-bond acceptors (Lipinski definition) is 7. The highest BCUT2D eigenvalue weighted by atomic mass is 19.2. The molecular formula is C25H28F4N4O6. The van der Waals surface area contributed by atoms with Crippen LogP contribution in [0.25, 0.3) is 0 Å². The molecule has 1 saturated heterocycles. The van der Waals surface area contributed by atoms with Gasteiger partial charge in [-0.3, -0.25) is 19.2 Å². The van der Waals surface area contributed by atoms with Gasteiger partial charge in [-0.25, -0.2) is 8.78 Å². The summed E-state index contributed by atoms with van der Waals surface area (Å²) < 4.78 is 64.6. The Balaban J connectivity index is 1.78. The van der Waals surface area contributed by atoms with E-state index in [1.807, 2.05) is 0 Å². The molecule has 0 spiro atoms. The van der Waals surface area contributed by atoms with Gasteiger partial charge in [0.15, 0.2) is 28.9 Å². The van der Waals surface area contributed by atoms with E-state index in [9.17, 15) is 36.7 Å². The minimum atomic E-state index is -1.83. The average Bonchev–Trinajstić information content (AvgIpc) is 3.49. The molecule has 14 heteroatoms. The summed E-state index contributed by atoms with van der Waals surface area (Å²) in [5, 5.41) is 11.2. The number of hydrogen-bond donors (Lipinski definition) is 3. The molecular weight excluding hydrogens is 528 g/mol. The molecule has 3 amide bonds. The summed E-state index contributed by atoms with van der Waals surface area (Å²) in [4.78, 5) is 50.9. The number of rotatable bonds is 12. The number of amides is 3. The molecule has 0 bridgehead atoms. The summed E-state index contributed by atoms with van der Waals surface area (Å²) in [5.41, 5.74) is -0.0657. The molecule has 2 aromatic rings. The fourth-order valence-electron chi connectivity index (χ4n) is 4.03. The molecule has 0 unspecified atom stereocenters. The number of halogens is 4. The largest absolute Gasteiger partial charge is 0.479 e. The summed E-state index contributed by atoms with van der Waals surface area (Å²) in [6.07, 6.45) is 0.331. The first-order valence-corrected chi connectivity index (χ1v) is 12.2. The van der Waals surface area contributed by atoms with Gasteiger partial charge in [-0.15, -0.1) is 0 Å². The van der Waals surface area contributed by atoms with E-state index >= 15 is 0 Å². The molecule has 1 aliphatic rings. The highest BCUT2D eigenvalue weighted by Gasteiger charge is 2.34. The predicted molar refractivity (Wildman–Crippen MR) is 126 cm³/mol. The number of Topliss-reactive ketones (excluding diaryl/α,β-unsaturated/α-hetero) is 1. The van der Waals surface area contributed by atoms with Gasteiger partial charge >= 0.3 is 0 Å². The normalized spacial score (nSPS) is 16.5. The quantitative estimate of drug-likeness (QED) is 0.269. The van der Waals surface area contributed by atoms with E-state index < -0.39 is 71.2 Å². The topological polar surface area (TPSA) is 140 Å². The Labute approximate surface area is 220 Å². The van der Waals surface area contributed by atoms with Crippen molar-refractivity contribution >= 4 is 23.5 Å². The number of ether oxygens (including phenoxy) is 1. The van der Waals surface area contributed by atoms with Crippen molar-refractivity contribution in [1.29, 1.82) is 0 Å². The van der Waals surface area contributed by atoms with Crippen molar-refractivity contribution in [3.8, 4) is 5.75 Å². The Hall–Kier alpha value is -3.97. The van der Waals surface area contributed by atoms with Gasteiger partial charge in [0, 0.05) is 24.6 Å². The Morgan fingerprint density at radius 2 is 1.77 bits per heavy atom. The van der Waals surface area contributed by atoms with Gasteiger partial charge in [0.1, 0.15) is 18.4 Å². The van der Waals surface area contributed by atoms with Gasteiger partial charge in [0.05, 0.1) is 6.04 Å². The zero-order valence-electron chi connectivity index (χ0n) is 21.4. The predicted octanol–water partition coefficient (Wildman–Crippen LogP) is 2.34. The number of carbonyl (C=O) groups is 4. The molecule has 10 nitrogen and oxygen atoms in total. The van der Waals surface area contributed by atoms with Crippen molar-refractivity contribution in [3.05, 3.63) is 46.9 Å². The van der Waals surface area contributed by atoms with Gasteiger partial charge < -0.3 is 25.2 Å². The third kappa shape index (κ3) is 7.54. The van der Waals surface area contributed by atoms with Crippen LogP contribution in [0.5, 0.6) is 5.75 Å². The molecule has 212 valence electrons. The van der Waals surface area contributed by atoms with Crippen molar-refractivity contribution in [2.75, 3.05) is 13.2 Å². The molecule has 2 heterocycles. The van der Waals surface area contributed by atoms with Gasteiger partial charge in [0.2, 0.25) is 23.4 Å². The lowest BCUT2D eigenvalue weighted by Crippen LogP contribution is -2.53. The number of benzene rings is 1. The van der Waals surface area contributed by atoms with E-state index in [2.05, 4.69) is 21.1 Å². The Morgan fingerprint density at radius 1 is 1.10 bits per heavy atom. The molecule has 1 fully saturated rings. The number of aryl methyl sites for hydroxylation is 1. The second-order valence-electron chi connectivity index (χ2n) is 9.60. The maximum Gasteiger partial charge on any atom is 0.274 e. The summed E-state index contributed by atoms with van der Waals surface area (Å²) in [7, 11) is 0. The Morgan fingerprint density at radius 3 is 2.31 bits per heavy atom. The number of nitrogens with zero attached hydrogens (tertiary/aromatic N) is 1. The van der Waals surface area contributed by atoms with Crippen LogP contribution in [-0.4, -0.2) is 53.9 Å². The van der Waals surface area contributed by atoms with Crippen LogP contribution in [0.3, 0.4) is 0 Å². The molecule has 39 heavy (non-hydrogen) atoms. The fourth-order valence-corrected chi connectivity index (χ4v) is 4.03. The lowest BCUT2D eigenvalue weighted by atomic mass is 9.95. The minimum absolute atomic E-state index is 0.00932. The second kappa shape index (κ2) is 12.7. The summed E-state index contributed by atoms with van der Waals surface area (Å²) in [6.45, 7) is 4.45. The molecule has 0 radical (unpaired) electrons. The zero-order valence-corrected chi connectivity index (χ0v) is 21.4. The summed E-state index contributed by atoms with van der Waals surface area (Å²) >= 11 is 0. The van der Waals surface area contributed by atoms with Crippen molar-refractivity contribution in [1.82, 2.24) is 21.1 Å². The van der Waals surface area contributed by atoms with Crippen LogP contribution in [-0.2, 0) is 14.4 Å². The summed E-state index contributed by atoms with van der Waals surface area (Å²) in [6, 6.07) is -1.16. The number of ketones is 1. The molecule has 1 aliphatic heterocycles. The van der Waals surface area contributed by atoms with Crippen molar-refractivity contribution < 1.29 is 46.0 Å². The molecule has 3 rings (SSSR count). The SMILES string of the molecule is Cc1cc(C(=O)N[C@@H](CC(C)C)C(=O)N[C@@H](C[C@@H]2CCNC2=O)C(=O)COc2c(F)c(F)cc(F)c2F)no1. The van der Waals surface area contributed by atoms with Gasteiger partial charge in [-0.05, 0) is 32.1 Å². The third-order valence-electron chi connectivity index (χ3n) is 6.01. The molecule has 3 atom stereocenters. The third-order valence-corrected chi connectivity index (χ3v) is 6.01. The van der Waals surface area contributed by atoms with Crippen molar-refractivity contribution in [3.63, 3.8) is 0 Å². The van der Waals surface area contributed by atoms with Gasteiger partial charge in [-0.2, -0.15) is 8.78 Å². The first-order valence-electron chi connectivity index (χ1n) is 12.2. The van der Waals surface area contributed by atoms with Crippen molar-refractivity contribution in [2.24, 2.45) is 11.8 Å². The molecule has 0 aliphatic carbocycles. The number of aromatic nitrogens is 1. The molecule has 1 aromatic carbocycles. The first-order chi connectivity index (χ1) is 18.4. The Bertz CT molecular complexity index is 1230. The molecule has 1 aromatic heterocycles. The van der Waals surface area contributed by atoms with Crippen LogP contribution in [0, 0.1) is 42.0 Å². The standard InChI is InChI=1S/C25H28F4N4O6/c1-11(2)6-17(32-25(37)18-7-12(3)39-33-18)24(36)31-16(8-13-4-5-30-23(13)35)19(34)10-38-22-20(28)14(26)9-15(27)21(22)29/h7,9,11,13,16-17H,4-6,8,10H2,1-3H3,(H,30,35)(H,31,36)(H,32,37)/t13-,16-,17-/m0/s1. The van der Waals surface area contributed by atoms with Gasteiger partial charge in [-0.1, -0.05) is 19.0 Å². The Kier molecular flexibility index (Phi) is 9.65. The minimum Gasteiger partial charge on any atom is -0.479 e. The van der Waals surface area contributed by atoms with E-state index in [4.69, 9.17) is 9.26 Å². The lowest BCUT2D eigenvalue weighted by molar-refractivity contribution is -0.131. The summed E-state index contributed by atoms with van der Waals surface area (Å²) in [5.74, 6) is -11.7. The van der Waals surface area contributed by atoms with Crippen LogP contribution >= 0.6 is 0 Å².